The number of nitrogens with zero attached hydrogens (tertiary/aromatic N) is 3. The molecule has 0 bridgehead atoms. The second kappa shape index (κ2) is 8.76. The Labute approximate surface area is 189 Å². The molecule has 4 aromatic rings. The highest BCUT2D eigenvalue weighted by atomic mass is 127. The van der Waals surface area contributed by atoms with E-state index in [9.17, 15) is 0 Å². The molecule has 0 unspecified atom stereocenters. The summed E-state index contributed by atoms with van der Waals surface area (Å²) in [6, 6.07) is 15.7. The first-order valence-electron chi connectivity index (χ1n) is 9.55. The highest BCUT2D eigenvalue weighted by Crippen LogP contribution is 2.33. The molecule has 0 N–H and O–H groups in total. The van der Waals surface area contributed by atoms with Crippen molar-refractivity contribution in [3.05, 3.63) is 69.6 Å². The van der Waals surface area contributed by atoms with Gasteiger partial charge < -0.3 is 9.47 Å². The zero-order valence-electron chi connectivity index (χ0n) is 16.9. The quantitative estimate of drug-likeness (QED) is 0.254. The summed E-state index contributed by atoms with van der Waals surface area (Å²) in [6.07, 6.45) is 2.48. The maximum absolute atomic E-state index is 6.20. The minimum Gasteiger partial charge on any atom is -0.497 e. The Morgan fingerprint density at radius 2 is 2.00 bits per heavy atom. The van der Waals surface area contributed by atoms with Crippen molar-refractivity contribution in [2.75, 3.05) is 7.11 Å². The molecule has 0 aliphatic carbocycles. The van der Waals surface area contributed by atoms with Crippen molar-refractivity contribution in [2.24, 2.45) is 0 Å². The van der Waals surface area contributed by atoms with Crippen LogP contribution in [0.5, 0.6) is 17.4 Å². The van der Waals surface area contributed by atoms with Crippen LogP contribution in [0, 0.1) is 22.3 Å². The molecule has 0 saturated carbocycles. The monoisotopic (exact) mass is 509 g/mol. The second-order valence-corrected chi connectivity index (χ2v) is 7.77. The molecule has 0 amide bonds. The number of aryl methyl sites for hydroxylation is 1. The van der Waals surface area contributed by atoms with E-state index in [4.69, 9.17) is 14.6 Å². The van der Waals surface area contributed by atoms with Crippen molar-refractivity contribution in [3.8, 4) is 34.9 Å². The molecule has 2 aromatic heterocycles. The summed E-state index contributed by atoms with van der Waals surface area (Å²) >= 11 is 2.22. The van der Waals surface area contributed by atoms with E-state index in [0.29, 0.717) is 11.6 Å². The normalized spacial score (nSPS) is 10.5. The van der Waals surface area contributed by atoms with Crippen LogP contribution in [0.25, 0.3) is 16.6 Å². The Hall–Kier alpha value is -3.05. The molecule has 2 heterocycles. The van der Waals surface area contributed by atoms with E-state index in [-0.39, 0.29) is 0 Å². The standard InChI is InChI=1S/C24H20IN3O2/c1-4-5-8-17-13-20-16(2)27-28(18-9-6-10-19(14-18)29-3)22(20)15-23(17)30-24-21(25)11-7-12-26-24/h6-7,9-15H,4H2,1-3H3. The van der Waals surface area contributed by atoms with E-state index in [1.165, 1.54) is 0 Å². The molecule has 2 aromatic carbocycles. The van der Waals surface area contributed by atoms with Crippen LogP contribution in [0.2, 0.25) is 0 Å². The van der Waals surface area contributed by atoms with E-state index < -0.39 is 0 Å². The predicted octanol–water partition coefficient (Wildman–Crippen LogP) is 5.90. The maximum Gasteiger partial charge on any atom is 0.232 e. The van der Waals surface area contributed by atoms with E-state index >= 15 is 0 Å². The Morgan fingerprint density at radius 3 is 2.77 bits per heavy atom. The van der Waals surface area contributed by atoms with Crippen molar-refractivity contribution in [1.82, 2.24) is 14.8 Å². The fourth-order valence-corrected chi connectivity index (χ4v) is 3.60. The molecule has 0 aliphatic rings. The molecular weight excluding hydrogens is 489 g/mol. The summed E-state index contributed by atoms with van der Waals surface area (Å²) in [5, 5.41) is 5.79. The van der Waals surface area contributed by atoms with Gasteiger partial charge >= 0.3 is 0 Å². The Kier molecular flexibility index (Phi) is 5.91. The molecular formula is C24H20IN3O2. The van der Waals surface area contributed by atoms with Gasteiger partial charge in [0.05, 0.1) is 33.1 Å². The van der Waals surface area contributed by atoms with Gasteiger partial charge in [-0.2, -0.15) is 5.10 Å². The van der Waals surface area contributed by atoms with Gasteiger partial charge in [-0.05, 0) is 59.8 Å². The van der Waals surface area contributed by atoms with E-state index in [1.807, 2.05) is 67.1 Å². The summed E-state index contributed by atoms with van der Waals surface area (Å²) in [5.41, 5.74) is 3.59. The third-order valence-electron chi connectivity index (χ3n) is 4.59. The Balaban J connectivity index is 1.91. The largest absolute Gasteiger partial charge is 0.497 e. The SMILES string of the molecule is CCC#Cc1cc2c(C)nn(-c3cccc(OC)c3)c2cc1Oc1ncccc1I. The minimum absolute atomic E-state index is 0.557. The van der Waals surface area contributed by atoms with Crippen LogP contribution in [-0.2, 0) is 0 Å². The number of halogens is 1. The van der Waals surface area contributed by atoms with E-state index in [2.05, 4.69) is 39.4 Å². The first kappa shape index (κ1) is 20.2. The third kappa shape index (κ3) is 3.98. The average molecular weight is 509 g/mol. The van der Waals surface area contributed by atoms with Gasteiger partial charge in [0.25, 0.3) is 0 Å². The molecule has 150 valence electrons. The van der Waals surface area contributed by atoms with Crippen molar-refractivity contribution in [1.29, 1.82) is 0 Å². The second-order valence-electron chi connectivity index (χ2n) is 6.61. The first-order chi connectivity index (χ1) is 14.6. The van der Waals surface area contributed by atoms with Gasteiger partial charge in [-0.1, -0.05) is 24.8 Å². The van der Waals surface area contributed by atoms with Crippen molar-refractivity contribution >= 4 is 33.5 Å². The topological polar surface area (TPSA) is 49.2 Å². The maximum atomic E-state index is 6.20. The summed E-state index contributed by atoms with van der Waals surface area (Å²) in [7, 11) is 1.66. The number of methoxy groups -OCH3 is 1. The lowest BCUT2D eigenvalue weighted by Crippen LogP contribution is -1.98. The number of hydrogen-bond donors (Lipinski definition) is 0. The fraction of sp³-hybridized carbons (Fsp3) is 0.167. The highest BCUT2D eigenvalue weighted by molar-refractivity contribution is 14.1. The first-order valence-corrected chi connectivity index (χ1v) is 10.6. The van der Waals surface area contributed by atoms with Crippen LogP contribution >= 0.6 is 22.6 Å². The zero-order chi connectivity index (χ0) is 21.1. The summed E-state index contributed by atoms with van der Waals surface area (Å²) in [6.45, 7) is 4.03. The average Bonchev–Trinajstić information content (AvgIpc) is 3.09. The summed E-state index contributed by atoms with van der Waals surface area (Å²) in [5.74, 6) is 8.36. The van der Waals surface area contributed by atoms with Gasteiger partial charge in [-0.25, -0.2) is 9.67 Å². The molecule has 4 rings (SSSR count). The van der Waals surface area contributed by atoms with Gasteiger partial charge in [-0.15, -0.1) is 0 Å². The number of aromatic nitrogens is 3. The third-order valence-corrected chi connectivity index (χ3v) is 5.42. The Morgan fingerprint density at radius 1 is 1.13 bits per heavy atom. The number of pyridine rings is 1. The molecule has 0 radical (unpaired) electrons. The van der Waals surface area contributed by atoms with Gasteiger partial charge in [0, 0.05) is 30.1 Å². The fourth-order valence-electron chi connectivity index (χ4n) is 3.15. The van der Waals surface area contributed by atoms with Crippen LogP contribution in [0.1, 0.15) is 24.6 Å². The van der Waals surface area contributed by atoms with E-state index in [0.717, 1.165) is 43.6 Å². The lowest BCUT2D eigenvalue weighted by Gasteiger charge is -2.10. The molecule has 5 nitrogen and oxygen atoms in total. The number of hydrogen-bond acceptors (Lipinski definition) is 4. The van der Waals surface area contributed by atoms with Crippen molar-refractivity contribution in [3.63, 3.8) is 0 Å². The molecule has 6 heteroatoms. The summed E-state index contributed by atoms with van der Waals surface area (Å²) < 4.78 is 14.4. The number of rotatable bonds is 4. The van der Waals surface area contributed by atoms with Crippen LogP contribution < -0.4 is 9.47 Å². The summed E-state index contributed by atoms with van der Waals surface area (Å²) in [4.78, 5) is 4.37. The minimum atomic E-state index is 0.557. The molecule has 0 saturated heterocycles. The molecule has 0 spiro atoms. The number of fused-ring (bicyclic) bond motifs is 1. The van der Waals surface area contributed by atoms with Crippen molar-refractivity contribution < 1.29 is 9.47 Å². The van der Waals surface area contributed by atoms with Crippen LogP contribution in [0.3, 0.4) is 0 Å². The van der Waals surface area contributed by atoms with Crippen LogP contribution in [0.4, 0.5) is 0 Å². The molecule has 0 atom stereocenters. The Bertz CT molecular complexity index is 1280. The smallest absolute Gasteiger partial charge is 0.232 e. The molecule has 30 heavy (non-hydrogen) atoms. The van der Waals surface area contributed by atoms with Crippen molar-refractivity contribution in [2.45, 2.75) is 20.3 Å². The van der Waals surface area contributed by atoms with Gasteiger partial charge in [0.1, 0.15) is 11.5 Å². The molecule has 0 aliphatic heterocycles. The van der Waals surface area contributed by atoms with Gasteiger partial charge in [0.2, 0.25) is 5.88 Å². The lowest BCUT2D eigenvalue weighted by atomic mass is 10.1. The van der Waals surface area contributed by atoms with E-state index in [1.54, 1.807) is 13.3 Å². The predicted molar refractivity (Wildman–Crippen MR) is 127 cm³/mol. The van der Waals surface area contributed by atoms with Gasteiger partial charge in [0.15, 0.2) is 0 Å². The molecule has 0 fully saturated rings. The highest BCUT2D eigenvalue weighted by Gasteiger charge is 2.16. The van der Waals surface area contributed by atoms with Gasteiger partial charge in [-0.3, -0.25) is 0 Å². The zero-order valence-corrected chi connectivity index (χ0v) is 19.1. The lowest BCUT2D eigenvalue weighted by molar-refractivity contribution is 0.414. The number of ether oxygens (including phenoxy) is 2. The van der Waals surface area contributed by atoms with Crippen LogP contribution in [0.15, 0.2) is 54.7 Å². The van der Waals surface area contributed by atoms with Crippen LogP contribution in [-0.4, -0.2) is 21.9 Å². The number of benzene rings is 2.